The Hall–Kier alpha value is -3.34. The minimum atomic E-state index is -0.142. The molecule has 1 fully saturated rings. The predicted molar refractivity (Wildman–Crippen MR) is 131 cm³/mol. The minimum Gasteiger partial charge on any atom is -0.494 e. The summed E-state index contributed by atoms with van der Waals surface area (Å²) in [6.45, 7) is 6.74. The van der Waals surface area contributed by atoms with Gasteiger partial charge < -0.3 is 15.0 Å². The van der Waals surface area contributed by atoms with E-state index in [4.69, 9.17) is 4.74 Å². The fraction of sp³-hybridized carbons (Fsp3) is 0.333. The summed E-state index contributed by atoms with van der Waals surface area (Å²) in [5, 5.41) is 2.99. The van der Waals surface area contributed by atoms with E-state index in [9.17, 15) is 4.79 Å². The van der Waals surface area contributed by atoms with Crippen LogP contribution in [0.25, 0.3) is 11.1 Å². The normalized spacial score (nSPS) is 14.0. The molecule has 5 nitrogen and oxygen atoms in total. The van der Waals surface area contributed by atoms with Crippen molar-refractivity contribution < 1.29 is 9.53 Å². The molecule has 0 saturated carbocycles. The Morgan fingerprint density at radius 2 is 1.84 bits per heavy atom. The number of aryl methyl sites for hydroxylation is 1. The fourth-order valence-corrected chi connectivity index (χ4v) is 4.14. The molecule has 1 N–H and O–H groups in total. The van der Waals surface area contributed by atoms with Crippen LogP contribution in [0.1, 0.15) is 48.5 Å². The molecule has 5 heteroatoms. The number of carbonyl (C=O) groups is 1. The maximum absolute atomic E-state index is 12.9. The lowest BCUT2D eigenvalue weighted by Crippen LogP contribution is -2.24. The largest absolute Gasteiger partial charge is 0.494 e. The molecule has 0 radical (unpaired) electrons. The van der Waals surface area contributed by atoms with Crippen molar-refractivity contribution in [2.75, 3.05) is 29.9 Å². The Balaban J connectivity index is 1.49. The molecule has 2 heterocycles. The highest BCUT2D eigenvalue weighted by atomic mass is 16.5. The van der Waals surface area contributed by atoms with Gasteiger partial charge in [-0.3, -0.25) is 4.79 Å². The second-order valence-corrected chi connectivity index (χ2v) is 8.25. The van der Waals surface area contributed by atoms with E-state index in [0.29, 0.717) is 17.9 Å². The van der Waals surface area contributed by atoms with E-state index in [1.165, 1.54) is 25.7 Å². The van der Waals surface area contributed by atoms with Gasteiger partial charge in [-0.15, -0.1) is 0 Å². The van der Waals surface area contributed by atoms with Crippen molar-refractivity contribution in [3.8, 4) is 16.9 Å². The van der Waals surface area contributed by atoms with Crippen molar-refractivity contribution >= 4 is 17.4 Å². The molecular weight excluding hydrogens is 398 g/mol. The first kappa shape index (κ1) is 21.9. The van der Waals surface area contributed by atoms with Crippen LogP contribution >= 0.6 is 0 Å². The van der Waals surface area contributed by atoms with E-state index in [1.807, 2.05) is 61.5 Å². The molecule has 1 aliphatic heterocycles. The highest BCUT2D eigenvalue weighted by molar-refractivity contribution is 6.05. The van der Waals surface area contributed by atoms with E-state index in [0.717, 1.165) is 41.3 Å². The molecule has 32 heavy (non-hydrogen) atoms. The minimum absolute atomic E-state index is 0.142. The lowest BCUT2D eigenvalue weighted by molar-refractivity contribution is 0.102. The van der Waals surface area contributed by atoms with E-state index in [-0.39, 0.29) is 5.91 Å². The first-order valence-electron chi connectivity index (χ1n) is 11.5. The molecular formula is C27H31N3O2. The zero-order valence-electron chi connectivity index (χ0n) is 18.9. The molecule has 0 atom stereocenters. The summed E-state index contributed by atoms with van der Waals surface area (Å²) in [6.07, 6.45) is 6.75. The van der Waals surface area contributed by atoms with Gasteiger partial charge in [0.15, 0.2) is 0 Å². The monoisotopic (exact) mass is 429 g/mol. The summed E-state index contributed by atoms with van der Waals surface area (Å²) in [5.41, 5.74) is 4.48. The van der Waals surface area contributed by atoms with Crippen molar-refractivity contribution in [3.63, 3.8) is 0 Å². The molecule has 0 unspecified atom stereocenters. The van der Waals surface area contributed by atoms with Crippen molar-refractivity contribution in [2.45, 2.75) is 39.5 Å². The number of amides is 1. The van der Waals surface area contributed by atoms with Gasteiger partial charge in [0, 0.05) is 18.7 Å². The molecule has 3 aromatic rings. The summed E-state index contributed by atoms with van der Waals surface area (Å²) < 4.78 is 5.64. The zero-order chi connectivity index (χ0) is 22.3. The SMILES string of the molecule is CCOc1cccc(-c2cc(C(=O)Nc3ccc(N4CCCCCC4)nc3)ccc2C)c1. The number of nitrogens with one attached hydrogen (secondary N) is 1. The van der Waals surface area contributed by atoms with Crippen molar-refractivity contribution in [2.24, 2.45) is 0 Å². The van der Waals surface area contributed by atoms with Gasteiger partial charge in [-0.2, -0.15) is 0 Å². The van der Waals surface area contributed by atoms with E-state index < -0.39 is 0 Å². The smallest absolute Gasteiger partial charge is 0.255 e. The van der Waals surface area contributed by atoms with Crippen LogP contribution in [0.2, 0.25) is 0 Å². The van der Waals surface area contributed by atoms with Crippen molar-refractivity contribution in [1.29, 1.82) is 0 Å². The first-order chi connectivity index (χ1) is 15.6. The average Bonchev–Trinajstić information content (AvgIpc) is 3.10. The van der Waals surface area contributed by atoms with Crippen LogP contribution in [-0.4, -0.2) is 30.6 Å². The lowest BCUT2D eigenvalue weighted by Gasteiger charge is -2.21. The number of benzene rings is 2. The number of nitrogens with zero attached hydrogens (tertiary/aromatic N) is 2. The predicted octanol–water partition coefficient (Wildman–Crippen LogP) is 6.09. The quantitative estimate of drug-likeness (QED) is 0.515. The van der Waals surface area contributed by atoms with Gasteiger partial charge >= 0.3 is 0 Å². The third kappa shape index (κ3) is 5.28. The molecule has 166 valence electrons. The topological polar surface area (TPSA) is 54.5 Å². The highest BCUT2D eigenvalue weighted by Crippen LogP contribution is 2.28. The van der Waals surface area contributed by atoms with Gasteiger partial charge in [-0.1, -0.05) is 31.0 Å². The number of pyridine rings is 1. The van der Waals surface area contributed by atoms with Crippen molar-refractivity contribution in [3.05, 3.63) is 71.9 Å². The summed E-state index contributed by atoms with van der Waals surface area (Å²) >= 11 is 0. The summed E-state index contributed by atoms with van der Waals surface area (Å²) in [4.78, 5) is 19.9. The summed E-state index contributed by atoms with van der Waals surface area (Å²) in [7, 11) is 0. The third-order valence-corrected chi connectivity index (χ3v) is 5.89. The Labute approximate surface area is 190 Å². The van der Waals surface area contributed by atoms with Gasteiger partial charge in [0.05, 0.1) is 18.5 Å². The van der Waals surface area contributed by atoms with Gasteiger partial charge in [-0.05, 0) is 79.8 Å². The number of hydrogen-bond donors (Lipinski definition) is 1. The van der Waals surface area contributed by atoms with Gasteiger partial charge in [-0.25, -0.2) is 4.98 Å². The first-order valence-corrected chi connectivity index (χ1v) is 11.5. The summed E-state index contributed by atoms with van der Waals surface area (Å²) in [5.74, 6) is 1.67. The standard InChI is InChI=1S/C27H31N3O2/c1-3-32-24-10-8-9-21(17-24)25-18-22(12-11-20(25)2)27(31)29-23-13-14-26(28-19-23)30-15-6-4-5-7-16-30/h8-14,17-19H,3-7,15-16H2,1-2H3,(H,29,31). The molecule has 0 aliphatic carbocycles. The maximum atomic E-state index is 12.9. The Kier molecular flexibility index (Phi) is 7.05. The number of rotatable bonds is 6. The molecule has 0 spiro atoms. The van der Waals surface area contributed by atoms with Crippen LogP contribution in [0.15, 0.2) is 60.8 Å². The molecule has 4 rings (SSSR count). The maximum Gasteiger partial charge on any atom is 0.255 e. The van der Waals surface area contributed by atoms with E-state index in [2.05, 4.69) is 22.1 Å². The van der Waals surface area contributed by atoms with Gasteiger partial charge in [0.2, 0.25) is 0 Å². The van der Waals surface area contributed by atoms with Crippen LogP contribution in [-0.2, 0) is 0 Å². The molecule has 1 amide bonds. The Morgan fingerprint density at radius 1 is 1.03 bits per heavy atom. The second kappa shape index (κ2) is 10.3. The van der Waals surface area contributed by atoms with Crippen LogP contribution in [0.3, 0.4) is 0 Å². The highest BCUT2D eigenvalue weighted by Gasteiger charge is 2.13. The number of carbonyl (C=O) groups excluding carboxylic acids is 1. The third-order valence-electron chi connectivity index (χ3n) is 5.89. The molecule has 1 saturated heterocycles. The number of aromatic nitrogens is 1. The van der Waals surface area contributed by atoms with Crippen molar-refractivity contribution in [1.82, 2.24) is 4.98 Å². The lowest BCUT2D eigenvalue weighted by atomic mass is 9.97. The Morgan fingerprint density at radius 3 is 2.56 bits per heavy atom. The second-order valence-electron chi connectivity index (χ2n) is 8.25. The van der Waals surface area contributed by atoms with Crippen LogP contribution in [0, 0.1) is 6.92 Å². The van der Waals surface area contributed by atoms with Crippen LogP contribution in [0.4, 0.5) is 11.5 Å². The molecule has 1 aromatic heterocycles. The number of hydrogen-bond acceptors (Lipinski definition) is 4. The fourth-order valence-electron chi connectivity index (χ4n) is 4.14. The average molecular weight is 430 g/mol. The molecule has 0 bridgehead atoms. The van der Waals surface area contributed by atoms with Crippen LogP contribution < -0.4 is 15.0 Å². The van der Waals surface area contributed by atoms with Crippen LogP contribution in [0.5, 0.6) is 5.75 Å². The summed E-state index contributed by atoms with van der Waals surface area (Å²) in [6, 6.07) is 17.7. The number of ether oxygens (including phenoxy) is 1. The van der Waals surface area contributed by atoms with Gasteiger partial charge in [0.25, 0.3) is 5.91 Å². The molecule has 2 aromatic carbocycles. The van der Waals surface area contributed by atoms with E-state index in [1.54, 1.807) is 6.20 Å². The van der Waals surface area contributed by atoms with Gasteiger partial charge in [0.1, 0.15) is 11.6 Å². The number of anilines is 2. The van der Waals surface area contributed by atoms with E-state index >= 15 is 0 Å². The Bertz CT molecular complexity index is 1050. The molecule has 1 aliphatic rings. The zero-order valence-corrected chi connectivity index (χ0v) is 18.9.